The quantitative estimate of drug-likeness (QED) is 0.618. The van der Waals surface area contributed by atoms with Gasteiger partial charge in [0, 0.05) is 22.3 Å². The molecule has 5 nitrogen and oxygen atoms in total. The standard InChI is InChI=1S/C12H15IN2O3/c1-2-15(6-5-11(16)17)12(18)9-4-3-8(13)7-10(9)14/h3-4,7H,2,5-6,14H2,1H3,(H,16,17). The second-order valence-electron chi connectivity index (χ2n) is 3.76. The third-order valence-corrected chi connectivity index (χ3v) is 3.18. The Morgan fingerprint density at radius 2 is 2.11 bits per heavy atom. The van der Waals surface area contributed by atoms with E-state index < -0.39 is 5.97 Å². The van der Waals surface area contributed by atoms with Gasteiger partial charge in [-0.25, -0.2) is 0 Å². The fourth-order valence-corrected chi connectivity index (χ4v) is 2.05. The van der Waals surface area contributed by atoms with Gasteiger partial charge in [-0.1, -0.05) is 0 Å². The lowest BCUT2D eigenvalue weighted by Crippen LogP contribution is -2.33. The predicted molar refractivity (Wildman–Crippen MR) is 77.4 cm³/mol. The summed E-state index contributed by atoms with van der Waals surface area (Å²) in [4.78, 5) is 24.2. The molecule has 3 N–H and O–H groups in total. The summed E-state index contributed by atoms with van der Waals surface area (Å²) in [6.07, 6.45) is -0.0656. The van der Waals surface area contributed by atoms with E-state index in [1.807, 2.05) is 6.92 Å². The SMILES string of the molecule is CCN(CCC(=O)O)C(=O)c1ccc(I)cc1N. The zero-order chi connectivity index (χ0) is 13.7. The number of rotatable bonds is 5. The highest BCUT2D eigenvalue weighted by molar-refractivity contribution is 14.1. The van der Waals surface area contributed by atoms with Gasteiger partial charge in [-0.3, -0.25) is 9.59 Å². The lowest BCUT2D eigenvalue weighted by Gasteiger charge is -2.20. The molecular weight excluding hydrogens is 347 g/mol. The van der Waals surface area contributed by atoms with Crippen molar-refractivity contribution in [3.63, 3.8) is 0 Å². The smallest absolute Gasteiger partial charge is 0.305 e. The summed E-state index contributed by atoms with van der Waals surface area (Å²) in [6, 6.07) is 5.19. The zero-order valence-corrected chi connectivity index (χ0v) is 12.2. The number of halogens is 1. The number of nitrogen functional groups attached to an aromatic ring is 1. The van der Waals surface area contributed by atoms with E-state index in [2.05, 4.69) is 22.6 Å². The van der Waals surface area contributed by atoms with Crippen molar-refractivity contribution in [3.8, 4) is 0 Å². The molecule has 0 aliphatic carbocycles. The van der Waals surface area contributed by atoms with Crippen LogP contribution < -0.4 is 5.73 Å². The number of carboxylic acid groups (broad SMARTS) is 1. The molecule has 1 aromatic carbocycles. The van der Waals surface area contributed by atoms with Crippen LogP contribution in [0.3, 0.4) is 0 Å². The van der Waals surface area contributed by atoms with Crippen molar-refractivity contribution < 1.29 is 14.7 Å². The molecule has 1 amide bonds. The summed E-state index contributed by atoms with van der Waals surface area (Å²) >= 11 is 2.11. The number of carboxylic acids is 1. The average Bonchev–Trinajstić information content (AvgIpc) is 2.29. The Labute approximate surface area is 119 Å². The van der Waals surface area contributed by atoms with E-state index in [1.54, 1.807) is 18.2 Å². The van der Waals surface area contributed by atoms with Crippen LogP contribution in [0.1, 0.15) is 23.7 Å². The number of carbonyl (C=O) groups excluding carboxylic acids is 1. The molecule has 0 saturated heterocycles. The van der Waals surface area contributed by atoms with Gasteiger partial charge in [0.25, 0.3) is 5.91 Å². The number of carbonyl (C=O) groups is 2. The molecule has 0 saturated carbocycles. The Hall–Kier alpha value is -1.31. The molecule has 0 aliphatic rings. The highest BCUT2D eigenvalue weighted by Crippen LogP contribution is 2.17. The van der Waals surface area contributed by atoms with Gasteiger partial charge in [0.05, 0.1) is 12.0 Å². The van der Waals surface area contributed by atoms with Gasteiger partial charge in [0.2, 0.25) is 0 Å². The van der Waals surface area contributed by atoms with Crippen LogP contribution in [0.2, 0.25) is 0 Å². The molecule has 0 unspecified atom stereocenters. The lowest BCUT2D eigenvalue weighted by atomic mass is 10.1. The van der Waals surface area contributed by atoms with Crippen LogP contribution in [0.25, 0.3) is 0 Å². The summed E-state index contributed by atoms with van der Waals surface area (Å²) in [6.45, 7) is 2.45. The van der Waals surface area contributed by atoms with Crippen molar-refractivity contribution in [2.75, 3.05) is 18.8 Å². The van der Waals surface area contributed by atoms with E-state index in [-0.39, 0.29) is 18.9 Å². The summed E-state index contributed by atoms with van der Waals surface area (Å²) in [5.41, 5.74) is 6.64. The molecular formula is C12H15IN2O3. The third-order valence-electron chi connectivity index (χ3n) is 2.51. The average molecular weight is 362 g/mol. The number of nitrogens with two attached hydrogens (primary N) is 1. The maximum atomic E-state index is 12.2. The Morgan fingerprint density at radius 1 is 1.44 bits per heavy atom. The topological polar surface area (TPSA) is 83.6 Å². The molecule has 0 bridgehead atoms. The molecule has 0 radical (unpaired) electrons. The second kappa shape index (κ2) is 6.58. The minimum absolute atomic E-state index is 0.0656. The fraction of sp³-hybridized carbons (Fsp3) is 0.333. The van der Waals surface area contributed by atoms with Crippen LogP contribution >= 0.6 is 22.6 Å². The van der Waals surface area contributed by atoms with Gasteiger partial charge < -0.3 is 15.7 Å². The summed E-state index contributed by atoms with van der Waals surface area (Å²) in [5.74, 6) is -1.15. The van der Waals surface area contributed by atoms with Crippen LogP contribution in [-0.4, -0.2) is 35.0 Å². The first-order valence-electron chi connectivity index (χ1n) is 5.51. The van der Waals surface area contributed by atoms with Crippen molar-refractivity contribution in [2.45, 2.75) is 13.3 Å². The number of nitrogens with zero attached hydrogens (tertiary/aromatic N) is 1. The normalized spacial score (nSPS) is 10.1. The van der Waals surface area contributed by atoms with Crippen LogP contribution in [-0.2, 0) is 4.79 Å². The molecule has 0 aromatic heterocycles. The van der Waals surface area contributed by atoms with Crippen LogP contribution in [0.5, 0.6) is 0 Å². The van der Waals surface area contributed by atoms with Crippen molar-refractivity contribution >= 4 is 40.2 Å². The maximum Gasteiger partial charge on any atom is 0.305 e. The molecule has 6 heteroatoms. The third kappa shape index (κ3) is 3.86. The monoisotopic (exact) mass is 362 g/mol. The molecule has 0 aliphatic heterocycles. The van der Waals surface area contributed by atoms with Crippen molar-refractivity contribution in [2.24, 2.45) is 0 Å². The minimum atomic E-state index is -0.920. The Balaban J connectivity index is 2.86. The zero-order valence-electron chi connectivity index (χ0n) is 10.0. The van der Waals surface area contributed by atoms with E-state index in [9.17, 15) is 9.59 Å². The molecule has 1 aromatic rings. The molecule has 18 heavy (non-hydrogen) atoms. The lowest BCUT2D eigenvalue weighted by molar-refractivity contribution is -0.137. The number of hydrogen-bond acceptors (Lipinski definition) is 3. The molecule has 98 valence electrons. The van der Waals surface area contributed by atoms with E-state index in [1.165, 1.54) is 4.90 Å². The van der Waals surface area contributed by atoms with Gasteiger partial charge in [0.1, 0.15) is 0 Å². The molecule has 0 heterocycles. The minimum Gasteiger partial charge on any atom is -0.481 e. The van der Waals surface area contributed by atoms with E-state index in [4.69, 9.17) is 10.8 Å². The number of aliphatic carboxylic acids is 1. The summed E-state index contributed by atoms with van der Waals surface area (Å²) in [5, 5.41) is 8.64. The number of anilines is 1. The highest BCUT2D eigenvalue weighted by atomic mass is 127. The number of amides is 1. The summed E-state index contributed by atoms with van der Waals surface area (Å²) < 4.78 is 0.954. The largest absolute Gasteiger partial charge is 0.481 e. The van der Waals surface area contributed by atoms with Crippen molar-refractivity contribution in [1.82, 2.24) is 4.90 Å². The first-order valence-corrected chi connectivity index (χ1v) is 6.59. The first-order chi connectivity index (χ1) is 8.45. The second-order valence-corrected chi connectivity index (χ2v) is 5.01. The van der Waals surface area contributed by atoms with E-state index in [0.29, 0.717) is 17.8 Å². The Kier molecular flexibility index (Phi) is 5.39. The first kappa shape index (κ1) is 14.7. The Morgan fingerprint density at radius 3 is 2.61 bits per heavy atom. The van der Waals surface area contributed by atoms with Gasteiger partial charge in [-0.2, -0.15) is 0 Å². The van der Waals surface area contributed by atoms with Crippen molar-refractivity contribution in [3.05, 3.63) is 27.3 Å². The maximum absolute atomic E-state index is 12.2. The Bertz CT molecular complexity index is 463. The van der Waals surface area contributed by atoms with Gasteiger partial charge in [-0.15, -0.1) is 0 Å². The van der Waals surface area contributed by atoms with Gasteiger partial charge in [0.15, 0.2) is 0 Å². The fourth-order valence-electron chi connectivity index (χ4n) is 1.53. The molecule has 0 fully saturated rings. The van der Waals surface area contributed by atoms with Gasteiger partial charge >= 0.3 is 5.97 Å². The number of hydrogen-bond donors (Lipinski definition) is 2. The van der Waals surface area contributed by atoms with E-state index in [0.717, 1.165) is 3.57 Å². The van der Waals surface area contributed by atoms with Gasteiger partial charge in [-0.05, 0) is 47.7 Å². The van der Waals surface area contributed by atoms with E-state index >= 15 is 0 Å². The molecule has 0 atom stereocenters. The van der Waals surface area contributed by atoms with Crippen LogP contribution in [0, 0.1) is 3.57 Å². The molecule has 1 rings (SSSR count). The van der Waals surface area contributed by atoms with Crippen LogP contribution in [0.4, 0.5) is 5.69 Å². The predicted octanol–water partition coefficient (Wildman–Crippen LogP) is 1.81. The van der Waals surface area contributed by atoms with Crippen LogP contribution in [0.15, 0.2) is 18.2 Å². The van der Waals surface area contributed by atoms with Crippen molar-refractivity contribution in [1.29, 1.82) is 0 Å². The number of benzene rings is 1. The molecule has 0 spiro atoms. The highest BCUT2D eigenvalue weighted by Gasteiger charge is 2.17. The summed E-state index contributed by atoms with van der Waals surface area (Å²) in [7, 11) is 0.